The van der Waals surface area contributed by atoms with Gasteiger partial charge in [0.2, 0.25) is 0 Å². The molecular formula is C15H20ClN5. The summed E-state index contributed by atoms with van der Waals surface area (Å²) in [5, 5.41) is 16.8. The van der Waals surface area contributed by atoms with E-state index in [1.807, 2.05) is 28.9 Å². The third-order valence-corrected chi connectivity index (χ3v) is 4.44. The van der Waals surface area contributed by atoms with Crippen molar-refractivity contribution in [1.82, 2.24) is 25.5 Å². The Morgan fingerprint density at radius 2 is 1.90 bits per heavy atom. The van der Waals surface area contributed by atoms with Crippen LogP contribution in [-0.2, 0) is 5.54 Å². The van der Waals surface area contributed by atoms with E-state index in [1.54, 1.807) is 0 Å². The minimum absolute atomic E-state index is 0.115. The molecule has 0 spiro atoms. The molecule has 0 saturated heterocycles. The van der Waals surface area contributed by atoms with E-state index in [-0.39, 0.29) is 5.54 Å². The van der Waals surface area contributed by atoms with Crippen molar-refractivity contribution >= 4 is 11.6 Å². The van der Waals surface area contributed by atoms with Crippen LogP contribution >= 0.6 is 11.6 Å². The number of hydrogen-bond acceptors (Lipinski definition) is 4. The molecular weight excluding hydrogens is 286 g/mol. The van der Waals surface area contributed by atoms with Crippen LogP contribution in [0, 0.1) is 0 Å². The molecule has 1 aromatic heterocycles. The van der Waals surface area contributed by atoms with Crippen LogP contribution < -0.4 is 5.32 Å². The fraction of sp³-hybridized carbons (Fsp3) is 0.533. The lowest BCUT2D eigenvalue weighted by Gasteiger charge is -2.36. The monoisotopic (exact) mass is 305 g/mol. The number of aromatic nitrogens is 4. The van der Waals surface area contributed by atoms with Gasteiger partial charge in [-0.25, -0.2) is 0 Å². The van der Waals surface area contributed by atoms with Crippen molar-refractivity contribution in [2.24, 2.45) is 0 Å². The summed E-state index contributed by atoms with van der Waals surface area (Å²) in [6.45, 7) is 3.04. The highest BCUT2D eigenvalue weighted by Crippen LogP contribution is 2.36. The first-order valence-corrected chi connectivity index (χ1v) is 7.93. The number of nitrogens with zero attached hydrogens (tertiary/aromatic N) is 4. The Kier molecular flexibility index (Phi) is 4.22. The highest BCUT2D eigenvalue weighted by molar-refractivity contribution is 6.30. The van der Waals surface area contributed by atoms with Crippen LogP contribution in [0.3, 0.4) is 0 Å². The lowest BCUT2D eigenvalue weighted by atomic mass is 9.81. The van der Waals surface area contributed by atoms with Crippen LogP contribution in [0.4, 0.5) is 0 Å². The van der Waals surface area contributed by atoms with Gasteiger partial charge in [-0.1, -0.05) is 37.8 Å². The Morgan fingerprint density at radius 1 is 1.19 bits per heavy atom. The van der Waals surface area contributed by atoms with Crippen LogP contribution in [0.5, 0.6) is 0 Å². The average Bonchev–Trinajstić information content (AvgIpc) is 2.99. The van der Waals surface area contributed by atoms with Crippen molar-refractivity contribution < 1.29 is 0 Å². The van der Waals surface area contributed by atoms with E-state index in [0.29, 0.717) is 5.02 Å². The predicted molar refractivity (Wildman–Crippen MR) is 82.6 cm³/mol. The van der Waals surface area contributed by atoms with Crippen LogP contribution in [0.1, 0.15) is 44.9 Å². The molecule has 0 unspecified atom stereocenters. The Bertz CT molecular complexity index is 581. The van der Waals surface area contributed by atoms with Crippen molar-refractivity contribution in [3.8, 4) is 5.69 Å². The smallest absolute Gasteiger partial charge is 0.176 e. The topological polar surface area (TPSA) is 55.6 Å². The first kappa shape index (κ1) is 14.5. The lowest BCUT2D eigenvalue weighted by Crippen LogP contribution is -2.46. The van der Waals surface area contributed by atoms with Gasteiger partial charge in [-0.3, -0.25) is 0 Å². The molecule has 6 heteroatoms. The molecule has 0 radical (unpaired) electrons. The average molecular weight is 306 g/mol. The second kappa shape index (κ2) is 6.12. The maximum atomic E-state index is 5.97. The van der Waals surface area contributed by atoms with Gasteiger partial charge in [0, 0.05) is 5.02 Å². The maximum absolute atomic E-state index is 5.97. The molecule has 1 fully saturated rings. The SMILES string of the molecule is CCNC1(c2nnnn2-c2ccc(Cl)cc2)CCCCC1. The highest BCUT2D eigenvalue weighted by Gasteiger charge is 2.38. The molecule has 1 N–H and O–H groups in total. The van der Waals surface area contributed by atoms with Crippen LogP contribution in [0.25, 0.3) is 5.69 Å². The van der Waals surface area contributed by atoms with Gasteiger partial charge in [0.15, 0.2) is 5.82 Å². The van der Waals surface area contributed by atoms with Gasteiger partial charge >= 0.3 is 0 Å². The van der Waals surface area contributed by atoms with Gasteiger partial charge in [-0.2, -0.15) is 4.68 Å². The first-order chi connectivity index (χ1) is 10.2. The molecule has 1 aliphatic carbocycles. The number of halogens is 1. The van der Waals surface area contributed by atoms with Crippen LogP contribution in [-0.4, -0.2) is 26.8 Å². The molecule has 0 amide bonds. The zero-order valence-corrected chi connectivity index (χ0v) is 13.0. The molecule has 2 aromatic rings. The summed E-state index contributed by atoms with van der Waals surface area (Å²) in [5.74, 6) is 0.909. The minimum Gasteiger partial charge on any atom is -0.305 e. The normalized spacial score (nSPS) is 17.8. The second-order valence-corrected chi connectivity index (χ2v) is 6.00. The van der Waals surface area contributed by atoms with Crippen LogP contribution in [0.15, 0.2) is 24.3 Å². The van der Waals surface area contributed by atoms with Gasteiger partial charge in [0.1, 0.15) is 0 Å². The van der Waals surface area contributed by atoms with E-state index in [4.69, 9.17) is 11.6 Å². The number of rotatable bonds is 4. The summed E-state index contributed by atoms with van der Waals surface area (Å²) in [4.78, 5) is 0. The lowest BCUT2D eigenvalue weighted by molar-refractivity contribution is 0.220. The van der Waals surface area contributed by atoms with Crippen molar-refractivity contribution in [2.75, 3.05) is 6.54 Å². The van der Waals surface area contributed by atoms with E-state index in [1.165, 1.54) is 19.3 Å². The molecule has 0 bridgehead atoms. The summed E-state index contributed by atoms with van der Waals surface area (Å²) >= 11 is 5.97. The molecule has 5 nitrogen and oxygen atoms in total. The molecule has 0 atom stereocenters. The quantitative estimate of drug-likeness (QED) is 0.943. The largest absolute Gasteiger partial charge is 0.305 e. The summed E-state index contributed by atoms with van der Waals surface area (Å²) in [5.41, 5.74) is 0.832. The van der Waals surface area contributed by atoms with E-state index < -0.39 is 0 Å². The molecule has 0 aliphatic heterocycles. The van der Waals surface area contributed by atoms with Crippen molar-refractivity contribution in [2.45, 2.75) is 44.6 Å². The number of hydrogen-bond donors (Lipinski definition) is 1. The van der Waals surface area contributed by atoms with Gasteiger partial charge < -0.3 is 5.32 Å². The third kappa shape index (κ3) is 2.80. The fourth-order valence-electron chi connectivity index (χ4n) is 3.21. The maximum Gasteiger partial charge on any atom is 0.176 e. The number of tetrazole rings is 1. The number of benzene rings is 1. The first-order valence-electron chi connectivity index (χ1n) is 7.55. The Morgan fingerprint density at radius 3 is 2.57 bits per heavy atom. The Balaban J connectivity index is 2.01. The molecule has 112 valence electrons. The minimum atomic E-state index is -0.115. The molecule has 3 rings (SSSR count). The summed E-state index contributed by atoms with van der Waals surface area (Å²) in [7, 11) is 0. The van der Waals surface area contributed by atoms with E-state index in [9.17, 15) is 0 Å². The fourth-order valence-corrected chi connectivity index (χ4v) is 3.34. The van der Waals surface area contributed by atoms with Crippen molar-refractivity contribution in [3.05, 3.63) is 35.1 Å². The van der Waals surface area contributed by atoms with Crippen molar-refractivity contribution in [3.63, 3.8) is 0 Å². The third-order valence-electron chi connectivity index (χ3n) is 4.19. The van der Waals surface area contributed by atoms with Gasteiger partial charge in [-0.15, -0.1) is 5.10 Å². The Labute approximate surface area is 129 Å². The second-order valence-electron chi connectivity index (χ2n) is 5.56. The molecule has 1 heterocycles. The summed E-state index contributed by atoms with van der Waals surface area (Å²) in [6.07, 6.45) is 5.86. The molecule has 1 saturated carbocycles. The van der Waals surface area contributed by atoms with E-state index in [0.717, 1.165) is 30.9 Å². The van der Waals surface area contributed by atoms with E-state index in [2.05, 4.69) is 27.8 Å². The predicted octanol–water partition coefficient (Wildman–Crippen LogP) is 3.08. The van der Waals surface area contributed by atoms with Crippen molar-refractivity contribution in [1.29, 1.82) is 0 Å². The summed E-state index contributed by atoms with van der Waals surface area (Å²) in [6, 6.07) is 7.63. The zero-order valence-electron chi connectivity index (χ0n) is 12.2. The van der Waals surface area contributed by atoms with Crippen LogP contribution in [0.2, 0.25) is 5.02 Å². The molecule has 1 aromatic carbocycles. The summed E-state index contributed by atoms with van der Waals surface area (Å²) < 4.78 is 1.84. The van der Waals surface area contributed by atoms with Gasteiger partial charge in [-0.05, 0) is 54.1 Å². The standard InChI is InChI=1S/C15H20ClN5/c1-2-17-15(10-4-3-5-11-15)14-18-19-20-21(14)13-8-6-12(16)7-9-13/h6-9,17H,2-5,10-11H2,1H3. The van der Waals surface area contributed by atoms with E-state index >= 15 is 0 Å². The number of nitrogens with one attached hydrogen (secondary N) is 1. The molecule has 21 heavy (non-hydrogen) atoms. The van der Waals surface area contributed by atoms with Gasteiger partial charge in [0.25, 0.3) is 0 Å². The zero-order chi connectivity index (χ0) is 14.7. The Hall–Kier alpha value is -1.46. The molecule has 1 aliphatic rings. The van der Waals surface area contributed by atoms with Gasteiger partial charge in [0.05, 0.1) is 11.2 Å². The highest BCUT2D eigenvalue weighted by atomic mass is 35.5.